The molecule has 32 heavy (non-hydrogen) atoms. The molecule has 160 valence electrons. The van der Waals surface area contributed by atoms with Crippen LogP contribution in [0.3, 0.4) is 0 Å². The Bertz CT molecular complexity index is 1280. The molecule has 2 aromatic heterocycles. The Kier molecular flexibility index (Phi) is 5.15. The Morgan fingerprint density at radius 1 is 0.844 bits per heavy atom. The number of hydrogen-bond donors (Lipinski definition) is 0. The largest absolute Gasteiger partial charge is 0.459 e. The highest BCUT2D eigenvalue weighted by molar-refractivity contribution is 6.07. The smallest absolute Gasteiger partial charge is 0.289 e. The van der Waals surface area contributed by atoms with Crippen molar-refractivity contribution in [2.75, 3.05) is 26.2 Å². The van der Waals surface area contributed by atoms with Gasteiger partial charge in [-0.05, 0) is 48.5 Å². The predicted molar refractivity (Wildman–Crippen MR) is 118 cm³/mol. The van der Waals surface area contributed by atoms with Gasteiger partial charge in [0.2, 0.25) is 0 Å². The van der Waals surface area contributed by atoms with Gasteiger partial charge in [0.05, 0.1) is 23.0 Å². The SMILES string of the molecule is O=C(c1ccco1)N1CCN(C(=O)c2cc(-c3ccc(F)cc3)nc3ccccc23)CC1. The molecule has 0 unspecified atom stereocenters. The van der Waals surface area contributed by atoms with E-state index in [-0.39, 0.29) is 17.6 Å². The summed E-state index contributed by atoms with van der Waals surface area (Å²) in [7, 11) is 0. The van der Waals surface area contributed by atoms with Gasteiger partial charge in [-0.2, -0.15) is 0 Å². The molecule has 2 amide bonds. The monoisotopic (exact) mass is 429 g/mol. The van der Waals surface area contributed by atoms with E-state index >= 15 is 0 Å². The number of pyridine rings is 1. The van der Waals surface area contributed by atoms with Crippen molar-refractivity contribution in [3.05, 3.63) is 90.1 Å². The zero-order valence-corrected chi connectivity index (χ0v) is 17.2. The highest BCUT2D eigenvalue weighted by Gasteiger charge is 2.27. The van der Waals surface area contributed by atoms with E-state index < -0.39 is 0 Å². The molecule has 1 aliphatic heterocycles. The average Bonchev–Trinajstić information content (AvgIpc) is 3.38. The van der Waals surface area contributed by atoms with Gasteiger partial charge in [0.25, 0.3) is 11.8 Å². The van der Waals surface area contributed by atoms with E-state index in [4.69, 9.17) is 4.42 Å². The van der Waals surface area contributed by atoms with E-state index in [9.17, 15) is 14.0 Å². The van der Waals surface area contributed by atoms with E-state index in [0.717, 1.165) is 10.9 Å². The van der Waals surface area contributed by atoms with Gasteiger partial charge in [0, 0.05) is 37.1 Å². The summed E-state index contributed by atoms with van der Waals surface area (Å²) in [5.41, 5.74) is 2.59. The zero-order valence-electron chi connectivity index (χ0n) is 17.2. The summed E-state index contributed by atoms with van der Waals surface area (Å²) >= 11 is 0. The zero-order chi connectivity index (χ0) is 22.1. The minimum atomic E-state index is -0.326. The van der Waals surface area contributed by atoms with Crippen molar-refractivity contribution in [1.29, 1.82) is 0 Å². The average molecular weight is 429 g/mol. The van der Waals surface area contributed by atoms with Gasteiger partial charge in [-0.25, -0.2) is 9.37 Å². The van der Waals surface area contributed by atoms with E-state index in [1.54, 1.807) is 40.1 Å². The summed E-state index contributed by atoms with van der Waals surface area (Å²) in [5, 5.41) is 0.762. The Balaban J connectivity index is 1.42. The molecule has 5 rings (SSSR count). The van der Waals surface area contributed by atoms with Gasteiger partial charge < -0.3 is 14.2 Å². The summed E-state index contributed by atoms with van der Waals surface area (Å²) < 4.78 is 18.6. The fourth-order valence-electron chi connectivity index (χ4n) is 3.96. The molecule has 0 aliphatic carbocycles. The minimum Gasteiger partial charge on any atom is -0.459 e. The van der Waals surface area contributed by atoms with Crippen molar-refractivity contribution in [3.63, 3.8) is 0 Å². The Labute approximate surface area is 183 Å². The standard InChI is InChI=1S/C25H20FN3O3/c26-18-9-7-17(8-10-18)22-16-20(19-4-1-2-5-21(19)27-22)24(30)28-11-13-29(14-12-28)25(31)23-6-3-15-32-23/h1-10,15-16H,11-14H2. The number of carbonyl (C=O) groups is 2. The quantitative estimate of drug-likeness (QED) is 0.489. The van der Waals surface area contributed by atoms with E-state index in [2.05, 4.69) is 4.98 Å². The molecule has 1 fully saturated rings. The molecule has 0 spiro atoms. The lowest BCUT2D eigenvalue weighted by molar-refractivity contribution is 0.0519. The number of rotatable bonds is 3. The molecule has 0 saturated carbocycles. The number of halogens is 1. The van der Waals surface area contributed by atoms with Crippen LogP contribution in [0.15, 0.2) is 77.4 Å². The number of carbonyl (C=O) groups excluding carboxylic acids is 2. The molecule has 6 nitrogen and oxygen atoms in total. The summed E-state index contributed by atoms with van der Waals surface area (Å²) in [5.74, 6) is -0.311. The van der Waals surface area contributed by atoms with Crippen LogP contribution in [0.25, 0.3) is 22.2 Å². The highest BCUT2D eigenvalue weighted by atomic mass is 19.1. The first-order valence-corrected chi connectivity index (χ1v) is 10.4. The number of nitrogens with zero attached hydrogens (tertiary/aromatic N) is 3. The van der Waals surface area contributed by atoms with Crippen molar-refractivity contribution in [1.82, 2.24) is 14.8 Å². The number of aromatic nitrogens is 1. The second kappa shape index (κ2) is 8.26. The Hall–Kier alpha value is -4.00. The third kappa shape index (κ3) is 3.73. The van der Waals surface area contributed by atoms with Crippen LogP contribution in [0, 0.1) is 5.82 Å². The topological polar surface area (TPSA) is 66.7 Å². The number of fused-ring (bicyclic) bond motifs is 1. The van der Waals surface area contributed by atoms with Crippen LogP contribution in [-0.4, -0.2) is 52.8 Å². The van der Waals surface area contributed by atoms with Crippen molar-refractivity contribution < 1.29 is 18.4 Å². The van der Waals surface area contributed by atoms with Gasteiger partial charge in [0.15, 0.2) is 5.76 Å². The van der Waals surface area contributed by atoms with Crippen LogP contribution < -0.4 is 0 Å². The molecule has 4 aromatic rings. The first-order chi connectivity index (χ1) is 15.6. The molecule has 2 aromatic carbocycles. The molecular formula is C25H20FN3O3. The molecule has 1 saturated heterocycles. The number of amides is 2. The summed E-state index contributed by atoms with van der Waals surface area (Å²) in [4.78, 5) is 34.1. The first-order valence-electron chi connectivity index (χ1n) is 10.4. The van der Waals surface area contributed by atoms with Gasteiger partial charge in [-0.3, -0.25) is 9.59 Å². The lowest BCUT2D eigenvalue weighted by atomic mass is 10.0. The normalized spacial score (nSPS) is 14.0. The van der Waals surface area contributed by atoms with Crippen LogP contribution in [0.2, 0.25) is 0 Å². The second-order valence-corrected chi connectivity index (χ2v) is 7.64. The lowest BCUT2D eigenvalue weighted by Crippen LogP contribution is -2.50. The Morgan fingerprint density at radius 3 is 2.22 bits per heavy atom. The van der Waals surface area contributed by atoms with Gasteiger partial charge >= 0.3 is 0 Å². The number of furan rings is 1. The van der Waals surface area contributed by atoms with Crippen LogP contribution in [0.5, 0.6) is 0 Å². The molecular weight excluding hydrogens is 409 g/mol. The van der Waals surface area contributed by atoms with Crippen LogP contribution in [0.4, 0.5) is 4.39 Å². The molecule has 0 radical (unpaired) electrons. The van der Waals surface area contributed by atoms with Crippen molar-refractivity contribution in [3.8, 4) is 11.3 Å². The molecule has 7 heteroatoms. The minimum absolute atomic E-state index is 0.114. The van der Waals surface area contributed by atoms with Crippen molar-refractivity contribution >= 4 is 22.7 Å². The third-order valence-electron chi connectivity index (χ3n) is 5.67. The predicted octanol–water partition coefficient (Wildman–Crippen LogP) is 4.23. The molecule has 0 N–H and O–H groups in total. The number of para-hydroxylation sites is 1. The lowest BCUT2D eigenvalue weighted by Gasteiger charge is -2.34. The van der Waals surface area contributed by atoms with Crippen molar-refractivity contribution in [2.45, 2.75) is 0 Å². The number of hydrogen-bond acceptors (Lipinski definition) is 4. The van der Waals surface area contributed by atoms with Crippen LogP contribution in [0.1, 0.15) is 20.9 Å². The second-order valence-electron chi connectivity index (χ2n) is 7.64. The summed E-state index contributed by atoms with van der Waals surface area (Å²) in [6.45, 7) is 1.71. The number of piperazine rings is 1. The van der Waals surface area contributed by atoms with E-state index in [0.29, 0.717) is 48.7 Å². The Morgan fingerprint density at radius 2 is 1.53 bits per heavy atom. The summed E-state index contributed by atoms with van der Waals surface area (Å²) in [6.07, 6.45) is 1.47. The van der Waals surface area contributed by atoms with Gasteiger partial charge in [-0.15, -0.1) is 0 Å². The number of benzene rings is 2. The molecule has 3 heterocycles. The third-order valence-corrected chi connectivity index (χ3v) is 5.67. The van der Waals surface area contributed by atoms with Gasteiger partial charge in [-0.1, -0.05) is 18.2 Å². The maximum atomic E-state index is 13.5. The highest BCUT2D eigenvalue weighted by Crippen LogP contribution is 2.26. The van der Waals surface area contributed by atoms with Crippen LogP contribution >= 0.6 is 0 Å². The van der Waals surface area contributed by atoms with Crippen LogP contribution in [-0.2, 0) is 0 Å². The van der Waals surface area contributed by atoms with E-state index in [1.165, 1.54) is 18.4 Å². The fourth-order valence-corrected chi connectivity index (χ4v) is 3.96. The fraction of sp³-hybridized carbons (Fsp3) is 0.160. The molecule has 0 atom stereocenters. The maximum Gasteiger partial charge on any atom is 0.289 e. The van der Waals surface area contributed by atoms with Gasteiger partial charge in [0.1, 0.15) is 5.82 Å². The summed E-state index contributed by atoms with van der Waals surface area (Å²) in [6, 6.07) is 18.6. The maximum absolute atomic E-state index is 13.5. The van der Waals surface area contributed by atoms with E-state index in [1.807, 2.05) is 24.3 Å². The molecule has 1 aliphatic rings. The first kappa shape index (κ1) is 19.9. The molecule has 0 bridgehead atoms. The van der Waals surface area contributed by atoms with Crippen molar-refractivity contribution in [2.24, 2.45) is 0 Å².